The summed E-state index contributed by atoms with van der Waals surface area (Å²) in [6.45, 7) is 11.9. The molecule has 0 amide bonds. The van der Waals surface area contributed by atoms with Gasteiger partial charge in [0.15, 0.2) is 5.65 Å². The number of hydrogen-bond acceptors (Lipinski definition) is 5. The molecule has 0 radical (unpaired) electrons. The molecule has 1 fully saturated rings. The van der Waals surface area contributed by atoms with Crippen molar-refractivity contribution in [3.05, 3.63) is 70.8 Å². The summed E-state index contributed by atoms with van der Waals surface area (Å²) < 4.78 is 8.23. The molecule has 0 aliphatic carbocycles. The highest BCUT2D eigenvalue weighted by Gasteiger charge is 2.26. The van der Waals surface area contributed by atoms with E-state index in [1.807, 2.05) is 24.3 Å². The van der Waals surface area contributed by atoms with Crippen molar-refractivity contribution >= 4 is 22.5 Å². The van der Waals surface area contributed by atoms with E-state index in [0.29, 0.717) is 12.2 Å². The van der Waals surface area contributed by atoms with Crippen LogP contribution in [0.5, 0.6) is 5.75 Å². The molecule has 4 aromatic rings. The van der Waals surface area contributed by atoms with E-state index in [1.165, 1.54) is 16.9 Å². The number of ether oxygens (including phenoxy) is 1. The molecule has 2 aromatic carbocycles. The lowest BCUT2D eigenvalue weighted by atomic mass is 9.99. The number of para-hydroxylation sites is 2. The third-order valence-electron chi connectivity index (χ3n) is 7.35. The minimum atomic E-state index is 0.692. The van der Waals surface area contributed by atoms with E-state index < -0.39 is 0 Å². The summed E-state index contributed by atoms with van der Waals surface area (Å²) in [6, 6.07) is 19.0. The van der Waals surface area contributed by atoms with Crippen LogP contribution in [0.1, 0.15) is 42.0 Å². The van der Waals surface area contributed by atoms with Gasteiger partial charge in [-0.2, -0.15) is 5.26 Å². The molecule has 1 saturated heterocycles. The number of imidazole rings is 1. The first-order chi connectivity index (χ1) is 17.6. The van der Waals surface area contributed by atoms with Gasteiger partial charge in [-0.25, -0.2) is 4.98 Å². The highest BCUT2D eigenvalue weighted by molar-refractivity contribution is 5.86. The molecule has 3 heterocycles. The number of benzene rings is 2. The monoisotopic (exact) mass is 481 g/mol. The molecule has 1 aliphatic rings. The van der Waals surface area contributed by atoms with Crippen molar-refractivity contribution in [1.82, 2.24) is 14.3 Å². The van der Waals surface area contributed by atoms with Gasteiger partial charge in [0.2, 0.25) is 0 Å². The normalized spacial score (nSPS) is 14.4. The average molecular weight is 482 g/mol. The Morgan fingerprint density at radius 3 is 2.47 bits per heavy atom. The number of nitrogens with zero attached hydrogens (tertiary/aromatic N) is 5. The molecule has 5 rings (SSSR count). The second-order valence-electron chi connectivity index (χ2n) is 9.77. The second kappa shape index (κ2) is 10.6. The highest BCUT2D eigenvalue weighted by atomic mass is 16.5. The predicted molar refractivity (Wildman–Crippen MR) is 146 cm³/mol. The topological polar surface area (TPSA) is 56.8 Å². The molecule has 6 heteroatoms. The summed E-state index contributed by atoms with van der Waals surface area (Å²) in [6.07, 6.45) is 3.20. The number of fused-ring (bicyclic) bond motifs is 3. The van der Waals surface area contributed by atoms with Crippen molar-refractivity contribution in [2.75, 3.05) is 44.2 Å². The largest absolute Gasteiger partial charge is 0.492 e. The Morgan fingerprint density at radius 2 is 1.75 bits per heavy atom. The number of piperazine rings is 1. The van der Waals surface area contributed by atoms with Gasteiger partial charge in [0.25, 0.3) is 0 Å². The van der Waals surface area contributed by atoms with Crippen LogP contribution >= 0.6 is 0 Å². The van der Waals surface area contributed by atoms with Gasteiger partial charge in [-0.05, 0) is 62.1 Å². The lowest BCUT2D eigenvalue weighted by Crippen LogP contribution is -2.48. The van der Waals surface area contributed by atoms with Gasteiger partial charge in [0.05, 0.1) is 16.6 Å². The predicted octanol–water partition coefficient (Wildman–Crippen LogP) is 5.52. The zero-order chi connectivity index (χ0) is 25.1. The highest BCUT2D eigenvalue weighted by Crippen LogP contribution is 2.34. The van der Waals surface area contributed by atoms with Crippen LogP contribution < -0.4 is 9.64 Å². The number of unbranched alkanes of at least 4 members (excludes halogenated alkanes) is 1. The first kappa shape index (κ1) is 24.1. The van der Waals surface area contributed by atoms with E-state index in [4.69, 9.17) is 9.72 Å². The number of aromatic nitrogens is 2. The van der Waals surface area contributed by atoms with Crippen LogP contribution in [-0.2, 0) is 6.42 Å². The van der Waals surface area contributed by atoms with Crippen LogP contribution in [0.4, 0.5) is 5.82 Å². The van der Waals surface area contributed by atoms with Gasteiger partial charge in [-0.15, -0.1) is 0 Å². The lowest BCUT2D eigenvalue weighted by molar-refractivity contribution is 0.200. The first-order valence-electron chi connectivity index (χ1n) is 13.1. The number of pyridine rings is 1. The van der Waals surface area contributed by atoms with E-state index in [2.05, 4.69) is 65.3 Å². The molecule has 0 spiro atoms. The fourth-order valence-corrected chi connectivity index (χ4v) is 5.26. The molecular formula is C30H35N5O. The second-order valence-corrected chi connectivity index (χ2v) is 9.77. The van der Waals surface area contributed by atoms with Crippen LogP contribution in [-0.4, -0.2) is 53.6 Å². The Morgan fingerprint density at radius 1 is 1.00 bits per heavy atom. The number of rotatable bonds is 8. The number of hydrogen-bond donors (Lipinski definition) is 0. The van der Waals surface area contributed by atoms with E-state index >= 15 is 0 Å². The zero-order valence-electron chi connectivity index (χ0n) is 21.6. The molecule has 2 aromatic heterocycles. The molecule has 0 saturated carbocycles. The summed E-state index contributed by atoms with van der Waals surface area (Å²) in [5.41, 5.74) is 7.11. The quantitative estimate of drug-likeness (QED) is 0.332. The fourth-order valence-electron chi connectivity index (χ4n) is 5.26. The van der Waals surface area contributed by atoms with Gasteiger partial charge in [0, 0.05) is 32.7 Å². The molecule has 6 nitrogen and oxygen atoms in total. The van der Waals surface area contributed by atoms with Gasteiger partial charge in [0.1, 0.15) is 24.2 Å². The van der Waals surface area contributed by atoms with E-state index in [-0.39, 0.29) is 0 Å². The Bertz CT molecular complexity index is 1390. The molecule has 0 atom stereocenters. The van der Waals surface area contributed by atoms with Gasteiger partial charge in [-0.3, -0.25) is 9.30 Å². The Labute approximate surface area is 213 Å². The van der Waals surface area contributed by atoms with Crippen molar-refractivity contribution in [1.29, 1.82) is 5.26 Å². The van der Waals surface area contributed by atoms with Crippen molar-refractivity contribution in [3.63, 3.8) is 0 Å². The number of anilines is 1. The smallest absolute Gasteiger partial charge is 0.157 e. The van der Waals surface area contributed by atoms with Crippen LogP contribution in [0.3, 0.4) is 0 Å². The summed E-state index contributed by atoms with van der Waals surface area (Å²) in [5.74, 6) is 2.15. The van der Waals surface area contributed by atoms with Crippen LogP contribution in [0.25, 0.3) is 16.7 Å². The van der Waals surface area contributed by atoms with Crippen molar-refractivity contribution in [2.24, 2.45) is 0 Å². The molecule has 1 aliphatic heterocycles. The summed E-state index contributed by atoms with van der Waals surface area (Å²) >= 11 is 0. The fraction of sp³-hybridized carbons (Fsp3) is 0.400. The lowest BCUT2D eigenvalue weighted by Gasteiger charge is -2.37. The molecular weight excluding hydrogens is 446 g/mol. The van der Waals surface area contributed by atoms with Crippen LogP contribution in [0.15, 0.2) is 48.5 Å². The first-order valence-corrected chi connectivity index (χ1v) is 13.1. The maximum Gasteiger partial charge on any atom is 0.157 e. The average Bonchev–Trinajstić information content (AvgIpc) is 3.28. The van der Waals surface area contributed by atoms with Gasteiger partial charge in [-0.1, -0.05) is 43.2 Å². The molecule has 0 unspecified atom stereocenters. The molecule has 186 valence electrons. The molecule has 0 N–H and O–H groups in total. The zero-order valence-corrected chi connectivity index (χ0v) is 21.6. The molecule has 36 heavy (non-hydrogen) atoms. The summed E-state index contributed by atoms with van der Waals surface area (Å²) in [7, 11) is 0. The van der Waals surface area contributed by atoms with Crippen LogP contribution in [0.2, 0.25) is 0 Å². The van der Waals surface area contributed by atoms with Crippen molar-refractivity contribution in [3.8, 4) is 11.8 Å². The summed E-state index contributed by atoms with van der Waals surface area (Å²) in [4.78, 5) is 9.89. The van der Waals surface area contributed by atoms with Gasteiger partial charge < -0.3 is 9.64 Å². The summed E-state index contributed by atoms with van der Waals surface area (Å²) in [5, 5.41) is 10.1. The van der Waals surface area contributed by atoms with Crippen molar-refractivity contribution in [2.45, 2.75) is 40.0 Å². The van der Waals surface area contributed by atoms with Crippen LogP contribution in [0, 0.1) is 25.2 Å². The SMILES string of the molecule is CCCCc1c(C)c(C#N)c2nc3ccccc3n2c1N1CCN(CCOc2ccc(C)cc2)CC1. The van der Waals surface area contributed by atoms with E-state index in [0.717, 1.165) is 80.0 Å². The standard InChI is InChI=1S/C30H35N5O/c1-4-5-8-25-23(3)26(21-31)29-32-27-9-6-7-10-28(27)35(29)30(25)34-17-15-33(16-18-34)19-20-36-24-13-11-22(2)12-14-24/h6-7,9-14H,4-5,8,15-20H2,1-3H3. The van der Waals surface area contributed by atoms with Gasteiger partial charge >= 0.3 is 0 Å². The third kappa shape index (κ3) is 4.64. The molecule has 0 bridgehead atoms. The van der Waals surface area contributed by atoms with E-state index in [1.54, 1.807) is 0 Å². The minimum Gasteiger partial charge on any atom is -0.492 e. The minimum absolute atomic E-state index is 0.692. The third-order valence-corrected chi connectivity index (χ3v) is 7.35. The Kier molecular flexibility index (Phi) is 7.11. The number of nitriles is 1. The Hall–Kier alpha value is -3.56. The maximum absolute atomic E-state index is 10.1. The maximum atomic E-state index is 10.1. The van der Waals surface area contributed by atoms with Crippen molar-refractivity contribution < 1.29 is 4.74 Å². The Balaban J connectivity index is 1.41. The van der Waals surface area contributed by atoms with E-state index in [9.17, 15) is 5.26 Å². The number of aryl methyl sites for hydroxylation is 1.